The molecule has 1 aliphatic rings. The maximum Gasteiger partial charge on any atom is 0.303 e. The zero-order chi connectivity index (χ0) is 30.7. The Kier molecular flexibility index (Phi) is 8.91. The fourth-order valence-corrected chi connectivity index (χ4v) is 6.34. The number of aromatic nitrogens is 2. The molecule has 224 valence electrons. The summed E-state index contributed by atoms with van der Waals surface area (Å²) < 4.78 is 12.8. The van der Waals surface area contributed by atoms with Crippen molar-refractivity contribution in [3.8, 4) is 0 Å². The standard InChI is InChI=1S/C32H34N4O6S/c1-19-8-7-9-23-14-15-35(18-26(19)23)32(40)30(42-22(4)38)29(41-21(3)37)31(39)33-16-24-12-13-25(43-24)17-36-20(2)34-27-10-5-6-11-28(27)36/h5-13,29-30H,14-18H2,1-4H3,(H,33,39)/t29-,30-/m1/s1. The van der Waals surface area contributed by atoms with E-state index in [1.807, 2.05) is 68.4 Å². The number of hydrogen-bond donors (Lipinski definition) is 1. The van der Waals surface area contributed by atoms with Gasteiger partial charge in [0.2, 0.25) is 12.2 Å². The number of esters is 2. The van der Waals surface area contributed by atoms with E-state index in [1.54, 1.807) is 4.90 Å². The van der Waals surface area contributed by atoms with E-state index in [-0.39, 0.29) is 6.54 Å². The molecule has 2 aromatic carbocycles. The number of nitrogens with zero attached hydrogens (tertiary/aromatic N) is 3. The van der Waals surface area contributed by atoms with Crippen molar-refractivity contribution in [2.75, 3.05) is 6.54 Å². The van der Waals surface area contributed by atoms with Gasteiger partial charge in [0.1, 0.15) is 5.82 Å². The van der Waals surface area contributed by atoms with Crippen LogP contribution >= 0.6 is 11.3 Å². The van der Waals surface area contributed by atoms with Gasteiger partial charge in [-0.1, -0.05) is 30.3 Å². The van der Waals surface area contributed by atoms with Gasteiger partial charge in [0, 0.05) is 36.7 Å². The molecule has 0 saturated heterocycles. The Balaban J connectivity index is 1.30. The van der Waals surface area contributed by atoms with Gasteiger partial charge in [-0.25, -0.2) is 4.98 Å². The van der Waals surface area contributed by atoms with Crippen LogP contribution in [0.3, 0.4) is 0 Å². The zero-order valence-corrected chi connectivity index (χ0v) is 25.4. The third kappa shape index (κ3) is 6.77. The first kappa shape index (κ1) is 30.0. The number of thiophene rings is 1. The number of amides is 2. The summed E-state index contributed by atoms with van der Waals surface area (Å²) in [6, 6.07) is 17.8. The van der Waals surface area contributed by atoms with Crippen LogP contribution in [0.5, 0.6) is 0 Å². The predicted octanol–water partition coefficient (Wildman–Crippen LogP) is 3.83. The van der Waals surface area contributed by atoms with Crippen LogP contribution in [0.25, 0.3) is 11.0 Å². The molecule has 5 rings (SSSR count). The summed E-state index contributed by atoms with van der Waals surface area (Å²) >= 11 is 1.53. The van der Waals surface area contributed by atoms with Crippen LogP contribution in [0.2, 0.25) is 0 Å². The van der Waals surface area contributed by atoms with Crippen LogP contribution in [-0.4, -0.2) is 57.0 Å². The van der Waals surface area contributed by atoms with E-state index in [0.29, 0.717) is 26.1 Å². The summed E-state index contributed by atoms with van der Waals surface area (Å²) in [5.74, 6) is -1.95. The summed E-state index contributed by atoms with van der Waals surface area (Å²) in [4.78, 5) is 59.3. The Labute approximate surface area is 253 Å². The first-order valence-electron chi connectivity index (χ1n) is 14.1. The number of para-hydroxylation sites is 2. The molecule has 0 aliphatic carbocycles. The average Bonchev–Trinajstić information content (AvgIpc) is 3.56. The molecule has 2 atom stereocenters. The van der Waals surface area contributed by atoms with Gasteiger partial charge in [-0.05, 0) is 61.2 Å². The normalized spacial score (nSPS) is 14.1. The second-order valence-electron chi connectivity index (χ2n) is 10.6. The first-order chi connectivity index (χ1) is 20.6. The fourth-order valence-electron chi connectivity index (χ4n) is 5.40. The second kappa shape index (κ2) is 12.8. The molecule has 0 saturated carbocycles. The van der Waals surface area contributed by atoms with Gasteiger partial charge in [-0.3, -0.25) is 19.2 Å². The maximum atomic E-state index is 13.7. The molecular weight excluding hydrogens is 568 g/mol. The van der Waals surface area contributed by atoms with Crippen LogP contribution in [-0.2, 0) is 54.7 Å². The Hall–Kier alpha value is -4.51. The van der Waals surface area contributed by atoms with Crippen LogP contribution in [0.4, 0.5) is 0 Å². The third-order valence-electron chi connectivity index (χ3n) is 7.50. The Bertz CT molecular complexity index is 1690. The smallest absolute Gasteiger partial charge is 0.303 e. The minimum atomic E-state index is -1.65. The lowest BCUT2D eigenvalue weighted by molar-refractivity contribution is -0.178. The van der Waals surface area contributed by atoms with Gasteiger partial charge in [0.15, 0.2) is 0 Å². The van der Waals surface area contributed by atoms with E-state index >= 15 is 0 Å². The number of fused-ring (bicyclic) bond motifs is 2. The summed E-state index contributed by atoms with van der Waals surface area (Å²) in [6.07, 6.45) is -2.65. The van der Waals surface area contributed by atoms with E-state index in [0.717, 1.165) is 57.1 Å². The molecule has 43 heavy (non-hydrogen) atoms. The molecule has 11 heteroatoms. The highest BCUT2D eigenvalue weighted by molar-refractivity contribution is 7.12. The third-order valence-corrected chi connectivity index (χ3v) is 8.57. The van der Waals surface area contributed by atoms with E-state index in [1.165, 1.54) is 11.3 Å². The molecule has 0 radical (unpaired) electrons. The van der Waals surface area contributed by atoms with Crippen molar-refractivity contribution in [3.63, 3.8) is 0 Å². The zero-order valence-electron chi connectivity index (χ0n) is 24.6. The summed E-state index contributed by atoms with van der Waals surface area (Å²) in [7, 11) is 0. The molecule has 3 heterocycles. The SMILES string of the molecule is CC(=O)O[C@@H](C(=O)NCc1ccc(Cn2c(C)nc3ccccc32)s1)[C@@H](OC(C)=O)C(=O)N1CCc2cccc(C)c2C1. The van der Waals surface area contributed by atoms with E-state index in [9.17, 15) is 19.2 Å². The molecule has 0 fully saturated rings. The lowest BCUT2D eigenvalue weighted by atomic mass is 9.95. The highest BCUT2D eigenvalue weighted by Crippen LogP contribution is 2.25. The van der Waals surface area contributed by atoms with Crippen LogP contribution in [0.15, 0.2) is 54.6 Å². The van der Waals surface area contributed by atoms with Gasteiger partial charge in [0.05, 0.1) is 24.1 Å². The number of hydrogen-bond acceptors (Lipinski definition) is 8. The Morgan fingerprint density at radius 2 is 1.65 bits per heavy atom. The van der Waals surface area contributed by atoms with E-state index in [4.69, 9.17) is 9.47 Å². The molecule has 10 nitrogen and oxygen atoms in total. The Morgan fingerprint density at radius 3 is 2.42 bits per heavy atom. The van der Waals surface area contributed by atoms with Gasteiger partial charge in [-0.2, -0.15) is 0 Å². The second-order valence-corrected chi connectivity index (χ2v) is 11.9. The van der Waals surface area contributed by atoms with Crippen LogP contribution in [0, 0.1) is 13.8 Å². The molecule has 2 amide bonds. The van der Waals surface area contributed by atoms with Gasteiger partial charge in [0.25, 0.3) is 11.8 Å². The van der Waals surface area contributed by atoms with Gasteiger partial charge >= 0.3 is 11.9 Å². The molecule has 0 bridgehead atoms. The fraction of sp³-hybridized carbons (Fsp3) is 0.344. The maximum absolute atomic E-state index is 13.7. The number of carbonyl (C=O) groups is 4. The van der Waals surface area contributed by atoms with Crippen molar-refractivity contribution >= 4 is 46.1 Å². The summed E-state index contributed by atoms with van der Waals surface area (Å²) in [5, 5.41) is 2.77. The van der Waals surface area contributed by atoms with E-state index < -0.39 is 36.0 Å². The summed E-state index contributed by atoms with van der Waals surface area (Å²) in [5.41, 5.74) is 5.18. The van der Waals surface area contributed by atoms with Crippen molar-refractivity contribution < 1.29 is 28.7 Å². The minimum absolute atomic E-state index is 0.141. The molecular formula is C32H34N4O6S. The molecule has 2 aromatic heterocycles. The lowest BCUT2D eigenvalue weighted by Gasteiger charge is -2.34. The number of imidazole rings is 1. The average molecular weight is 603 g/mol. The van der Waals surface area contributed by atoms with Gasteiger partial charge in [-0.15, -0.1) is 11.3 Å². The molecule has 4 aromatic rings. The van der Waals surface area contributed by atoms with Crippen molar-refractivity contribution in [1.82, 2.24) is 19.8 Å². The van der Waals surface area contributed by atoms with Crippen LogP contribution in [0.1, 0.15) is 46.1 Å². The lowest BCUT2D eigenvalue weighted by Crippen LogP contribution is -2.54. The number of nitrogens with one attached hydrogen (secondary N) is 1. The van der Waals surface area contributed by atoms with Gasteiger partial charge < -0.3 is 24.3 Å². The Morgan fingerprint density at radius 1 is 0.930 bits per heavy atom. The van der Waals surface area contributed by atoms with Crippen LogP contribution < -0.4 is 5.32 Å². The topological polar surface area (TPSA) is 120 Å². The number of carbonyl (C=O) groups excluding carboxylic acids is 4. The molecule has 1 aliphatic heterocycles. The molecule has 1 N–H and O–H groups in total. The highest BCUT2D eigenvalue weighted by atomic mass is 32.1. The van der Waals surface area contributed by atoms with Crippen molar-refractivity contribution in [2.45, 2.75) is 66.0 Å². The number of benzene rings is 2. The minimum Gasteiger partial charge on any atom is -0.448 e. The number of rotatable bonds is 9. The largest absolute Gasteiger partial charge is 0.448 e. The monoisotopic (exact) mass is 602 g/mol. The molecule has 0 spiro atoms. The predicted molar refractivity (Wildman–Crippen MR) is 161 cm³/mol. The van der Waals surface area contributed by atoms with Crippen molar-refractivity contribution in [2.24, 2.45) is 0 Å². The summed E-state index contributed by atoms with van der Waals surface area (Å²) in [6.45, 7) is 7.68. The van der Waals surface area contributed by atoms with Crippen molar-refractivity contribution in [3.05, 3.63) is 86.9 Å². The van der Waals surface area contributed by atoms with Crippen molar-refractivity contribution in [1.29, 1.82) is 0 Å². The number of ether oxygens (including phenoxy) is 2. The number of aryl methyl sites for hydroxylation is 2. The highest BCUT2D eigenvalue weighted by Gasteiger charge is 2.42. The van der Waals surface area contributed by atoms with E-state index in [2.05, 4.69) is 14.9 Å². The molecule has 0 unspecified atom stereocenters. The first-order valence-corrected chi connectivity index (χ1v) is 14.9. The quantitative estimate of drug-likeness (QED) is 0.289.